The number of quaternary nitrogens is 1. The van der Waals surface area contributed by atoms with Crippen LogP contribution in [0.25, 0.3) is 0 Å². The molecule has 4 heterocycles. The van der Waals surface area contributed by atoms with Gasteiger partial charge >= 0.3 is 7.25 Å². The molecule has 0 aromatic carbocycles. The zero-order valence-electron chi connectivity index (χ0n) is 11.5. The van der Waals surface area contributed by atoms with Crippen LogP contribution in [-0.4, -0.2) is 67.0 Å². The summed E-state index contributed by atoms with van der Waals surface area (Å²) in [5.41, 5.74) is -0.390. The third-order valence-electron chi connectivity index (χ3n) is 5.27. The molecule has 4 aliphatic heterocycles. The number of rotatable bonds is 1. The highest BCUT2D eigenvalue weighted by atomic mass is 16.7. The second-order valence-corrected chi connectivity index (χ2v) is 6.79. The Bertz CT molecular complexity index is 295. The predicted molar refractivity (Wildman–Crippen MR) is 67.4 cm³/mol. The Morgan fingerprint density at radius 3 is 1.71 bits per heavy atom. The van der Waals surface area contributed by atoms with Crippen molar-refractivity contribution in [1.82, 2.24) is 4.90 Å². The van der Waals surface area contributed by atoms with E-state index in [2.05, 4.69) is 32.6 Å². The van der Waals surface area contributed by atoms with Gasteiger partial charge < -0.3 is 13.7 Å². The van der Waals surface area contributed by atoms with Gasteiger partial charge in [-0.15, -0.1) is 0 Å². The van der Waals surface area contributed by atoms with Crippen LogP contribution in [0, 0.1) is 0 Å². The van der Waals surface area contributed by atoms with Gasteiger partial charge in [-0.05, 0) is 27.7 Å². The van der Waals surface area contributed by atoms with Crippen molar-refractivity contribution in [3.05, 3.63) is 0 Å². The molecule has 0 aromatic heterocycles. The quantitative estimate of drug-likeness (QED) is 0.629. The predicted octanol–water partition coefficient (Wildman–Crippen LogP) is 0.721. The fourth-order valence-electron chi connectivity index (χ4n) is 3.04. The highest BCUT2D eigenvalue weighted by Gasteiger charge is 2.64. The smallest absolute Gasteiger partial charge is 0.346 e. The molecule has 0 atom stereocenters. The Hall–Kier alpha value is -0.0951. The molecule has 17 heavy (non-hydrogen) atoms. The molecule has 4 rings (SSSR count). The molecule has 2 bridgehead atoms. The first-order valence-electron chi connectivity index (χ1n) is 6.79. The molecule has 4 saturated heterocycles. The Morgan fingerprint density at radius 1 is 0.882 bits per heavy atom. The topological polar surface area (TPSA) is 21.7 Å². The maximum absolute atomic E-state index is 6.25. The minimum atomic E-state index is -0.195. The van der Waals surface area contributed by atoms with Crippen molar-refractivity contribution in [2.24, 2.45) is 0 Å². The summed E-state index contributed by atoms with van der Waals surface area (Å²) in [5, 5.41) is 0. The van der Waals surface area contributed by atoms with E-state index < -0.39 is 0 Å². The van der Waals surface area contributed by atoms with Crippen molar-refractivity contribution in [3.8, 4) is 0 Å². The molecule has 0 spiro atoms. The second-order valence-electron chi connectivity index (χ2n) is 6.79. The summed E-state index contributed by atoms with van der Waals surface area (Å²) >= 11 is 0. The largest absolute Gasteiger partial charge is 0.760 e. The van der Waals surface area contributed by atoms with Gasteiger partial charge in [0.1, 0.15) is 0 Å². The van der Waals surface area contributed by atoms with Crippen molar-refractivity contribution in [3.63, 3.8) is 0 Å². The fraction of sp³-hybridized carbons (Fsp3) is 1.00. The first kappa shape index (κ1) is 12.0. The molecule has 0 aromatic rings. The Labute approximate surface area is 105 Å². The minimum absolute atomic E-state index is 0.0533. The van der Waals surface area contributed by atoms with E-state index in [9.17, 15) is 0 Å². The first-order chi connectivity index (χ1) is 7.85. The van der Waals surface area contributed by atoms with Crippen LogP contribution in [0.4, 0.5) is 0 Å². The number of fused-ring (bicyclic) bond motifs is 3. The fourth-order valence-corrected chi connectivity index (χ4v) is 3.04. The lowest BCUT2D eigenvalue weighted by atomic mass is 9.90. The zero-order valence-corrected chi connectivity index (χ0v) is 11.5. The number of piperazine rings is 3. The molecular weight excluding hydrogens is 215 g/mol. The van der Waals surface area contributed by atoms with E-state index in [-0.39, 0.29) is 18.5 Å². The standard InChI is InChI=1S/C12H24BN2O2/c1-11(2)12(3,4)17-13(16-11)15-8-5-14(6-9-15)7-10-15/h5-10H2,1-4H3/q+1. The van der Waals surface area contributed by atoms with E-state index >= 15 is 0 Å². The average molecular weight is 239 g/mol. The first-order valence-corrected chi connectivity index (χ1v) is 6.79. The van der Waals surface area contributed by atoms with Crippen LogP contribution in [0.1, 0.15) is 27.7 Å². The molecule has 0 N–H and O–H groups in total. The summed E-state index contributed by atoms with van der Waals surface area (Å²) in [6.45, 7) is 15.7. The van der Waals surface area contributed by atoms with Crippen LogP contribution < -0.4 is 0 Å². The van der Waals surface area contributed by atoms with Gasteiger partial charge in [0.2, 0.25) is 0 Å². The van der Waals surface area contributed by atoms with Crippen LogP contribution in [0.5, 0.6) is 0 Å². The molecule has 0 unspecified atom stereocenters. The number of hydrogen-bond donors (Lipinski definition) is 0. The summed E-state index contributed by atoms with van der Waals surface area (Å²) in [4.78, 5) is 2.55. The highest BCUT2D eigenvalue weighted by molar-refractivity contribution is 6.36. The molecule has 0 amide bonds. The van der Waals surface area contributed by atoms with Crippen molar-refractivity contribution in [2.75, 3.05) is 39.3 Å². The SMILES string of the molecule is CC1(C)OB([N+]23CCN(CC2)CC3)OC1(C)C. The van der Waals surface area contributed by atoms with Crippen molar-refractivity contribution in [2.45, 2.75) is 38.9 Å². The highest BCUT2D eigenvalue weighted by Crippen LogP contribution is 2.40. The van der Waals surface area contributed by atoms with Crippen LogP contribution in [0.15, 0.2) is 0 Å². The van der Waals surface area contributed by atoms with E-state index in [1.165, 1.54) is 39.3 Å². The summed E-state index contributed by atoms with van der Waals surface area (Å²) in [6, 6.07) is 0. The summed E-state index contributed by atoms with van der Waals surface area (Å²) in [7, 11) is -0.0533. The lowest BCUT2D eigenvalue weighted by Crippen LogP contribution is -2.73. The third-order valence-corrected chi connectivity index (χ3v) is 5.27. The van der Waals surface area contributed by atoms with E-state index in [0.29, 0.717) is 0 Å². The van der Waals surface area contributed by atoms with Crippen LogP contribution in [0.3, 0.4) is 0 Å². The van der Waals surface area contributed by atoms with Crippen molar-refractivity contribution >= 4 is 7.25 Å². The van der Waals surface area contributed by atoms with E-state index in [4.69, 9.17) is 9.31 Å². The Balaban J connectivity index is 1.82. The van der Waals surface area contributed by atoms with Gasteiger partial charge in [0, 0.05) is 19.6 Å². The molecule has 0 radical (unpaired) electrons. The molecule has 0 aliphatic carbocycles. The average Bonchev–Trinajstić information content (AvgIpc) is 2.51. The zero-order chi connectivity index (χ0) is 12.3. The molecule has 4 nitrogen and oxygen atoms in total. The van der Waals surface area contributed by atoms with Crippen molar-refractivity contribution < 1.29 is 13.7 Å². The van der Waals surface area contributed by atoms with Gasteiger partial charge in [-0.3, -0.25) is 4.90 Å². The lowest BCUT2D eigenvalue weighted by molar-refractivity contribution is -0.857. The molecule has 0 saturated carbocycles. The second kappa shape index (κ2) is 3.47. The molecule has 5 heteroatoms. The van der Waals surface area contributed by atoms with Gasteiger partial charge in [0.05, 0.1) is 30.8 Å². The summed E-state index contributed by atoms with van der Waals surface area (Å²) < 4.78 is 13.5. The van der Waals surface area contributed by atoms with Gasteiger partial charge in [0.15, 0.2) is 0 Å². The monoisotopic (exact) mass is 239 g/mol. The van der Waals surface area contributed by atoms with Gasteiger partial charge in [0.25, 0.3) is 0 Å². The summed E-state index contributed by atoms with van der Waals surface area (Å²) in [6.07, 6.45) is 0. The van der Waals surface area contributed by atoms with E-state index in [1.807, 2.05) is 0 Å². The molecule has 96 valence electrons. The minimum Gasteiger partial charge on any atom is -0.346 e. The number of nitrogens with zero attached hydrogens (tertiary/aromatic N) is 2. The summed E-state index contributed by atoms with van der Waals surface area (Å²) in [5.74, 6) is 0. The molecule has 4 aliphatic rings. The van der Waals surface area contributed by atoms with E-state index in [1.54, 1.807) is 0 Å². The normalized spacial score (nSPS) is 43.1. The molecular formula is C12H24BN2O2+. The van der Waals surface area contributed by atoms with Gasteiger partial charge in [-0.1, -0.05) is 0 Å². The Morgan fingerprint density at radius 2 is 1.29 bits per heavy atom. The van der Waals surface area contributed by atoms with Gasteiger partial charge in [-0.25, -0.2) is 0 Å². The maximum Gasteiger partial charge on any atom is 0.760 e. The third kappa shape index (κ3) is 1.67. The van der Waals surface area contributed by atoms with Gasteiger partial charge in [-0.2, -0.15) is 0 Å². The number of hydrogen-bond acceptors (Lipinski definition) is 3. The van der Waals surface area contributed by atoms with E-state index in [0.717, 1.165) is 4.39 Å². The molecule has 4 fully saturated rings. The maximum atomic E-state index is 6.25. The van der Waals surface area contributed by atoms with Crippen LogP contribution in [0.2, 0.25) is 0 Å². The van der Waals surface area contributed by atoms with Crippen LogP contribution in [-0.2, 0) is 9.31 Å². The van der Waals surface area contributed by atoms with Crippen molar-refractivity contribution in [1.29, 1.82) is 0 Å². The lowest BCUT2D eigenvalue weighted by Gasteiger charge is -2.51. The Kier molecular flexibility index (Phi) is 2.44. The van der Waals surface area contributed by atoms with Crippen LogP contribution >= 0.6 is 0 Å².